The number of hydrogen-bond donors (Lipinski definition) is 0. The van der Waals surface area contributed by atoms with Crippen LogP contribution >= 0.6 is 11.3 Å². The van der Waals surface area contributed by atoms with E-state index in [0.717, 1.165) is 12.3 Å². The molecule has 134 valence electrons. The van der Waals surface area contributed by atoms with Crippen LogP contribution in [0.2, 0.25) is 0 Å². The zero-order chi connectivity index (χ0) is 17.7. The molecule has 2 heterocycles. The lowest BCUT2D eigenvalue weighted by Gasteiger charge is -2.26. The van der Waals surface area contributed by atoms with Crippen molar-refractivity contribution in [2.24, 2.45) is 5.92 Å². The summed E-state index contributed by atoms with van der Waals surface area (Å²) in [5.74, 6) is 0.820. The number of aromatic nitrogens is 1. The van der Waals surface area contributed by atoms with Crippen LogP contribution in [-0.2, 0) is 25.7 Å². The summed E-state index contributed by atoms with van der Waals surface area (Å²) in [7, 11) is 0. The van der Waals surface area contributed by atoms with Crippen molar-refractivity contribution in [2.45, 2.75) is 65.2 Å². The molecule has 0 fully saturated rings. The highest BCUT2D eigenvalue weighted by molar-refractivity contribution is 7.19. The number of aryl methyl sites for hydroxylation is 4. The first-order valence-electron chi connectivity index (χ1n) is 10.3. The monoisotopic (exact) mass is 361 g/mol. The molecule has 1 nitrogen and oxygen atoms in total. The van der Waals surface area contributed by atoms with E-state index in [1.807, 2.05) is 11.3 Å². The van der Waals surface area contributed by atoms with Gasteiger partial charge in [-0.25, -0.2) is 4.98 Å². The van der Waals surface area contributed by atoms with E-state index >= 15 is 0 Å². The normalized spacial score (nSPS) is 19.4. The Labute approximate surface area is 160 Å². The molecule has 0 saturated heterocycles. The van der Waals surface area contributed by atoms with E-state index in [9.17, 15) is 0 Å². The van der Waals surface area contributed by atoms with E-state index in [4.69, 9.17) is 4.98 Å². The average Bonchev–Trinajstić information content (AvgIpc) is 3.04. The third kappa shape index (κ3) is 2.62. The van der Waals surface area contributed by atoms with Gasteiger partial charge in [-0.05, 0) is 80.0 Å². The number of fused-ring (bicyclic) bond motifs is 4. The molecule has 3 aromatic rings. The lowest BCUT2D eigenvalue weighted by atomic mass is 9.80. The second kappa shape index (κ2) is 6.49. The quantitative estimate of drug-likeness (QED) is 0.497. The molecular weight excluding hydrogens is 334 g/mol. The van der Waals surface area contributed by atoms with Gasteiger partial charge in [-0.1, -0.05) is 43.2 Å². The first kappa shape index (κ1) is 16.5. The lowest BCUT2D eigenvalue weighted by molar-refractivity contribution is 0.441. The molecular formula is C24H27NS. The summed E-state index contributed by atoms with van der Waals surface area (Å²) in [5, 5.41) is 1.50. The number of nitrogens with zero attached hydrogens (tertiary/aromatic N) is 1. The summed E-state index contributed by atoms with van der Waals surface area (Å²) < 4.78 is 0. The van der Waals surface area contributed by atoms with Gasteiger partial charge in [-0.15, -0.1) is 11.3 Å². The maximum atomic E-state index is 5.21. The van der Waals surface area contributed by atoms with Crippen LogP contribution in [0, 0.1) is 12.8 Å². The maximum Gasteiger partial charge on any atom is 0.124 e. The van der Waals surface area contributed by atoms with Crippen LogP contribution in [0.3, 0.4) is 0 Å². The van der Waals surface area contributed by atoms with Crippen molar-refractivity contribution < 1.29 is 0 Å². The number of rotatable bonds is 2. The molecule has 2 aliphatic rings. The van der Waals surface area contributed by atoms with E-state index in [-0.39, 0.29) is 0 Å². The van der Waals surface area contributed by atoms with Gasteiger partial charge in [0, 0.05) is 16.0 Å². The molecule has 1 atom stereocenters. The van der Waals surface area contributed by atoms with E-state index in [0.29, 0.717) is 0 Å². The molecule has 0 N–H and O–H groups in total. The SMILES string of the molecule is CC[C@H]1CCc2nc3sc4c(c3c(-c3ccc(C)cc3)c2C1)CCCC4. The molecule has 0 aliphatic heterocycles. The summed E-state index contributed by atoms with van der Waals surface area (Å²) in [4.78, 5) is 8.13. The van der Waals surface area contributed by atoms with Crippen LogP contribution in [-0.4, -0.2) is 4.98 Å². The largest absolute Gasteiger partial charge is 0.242 e. The van der Waals surface area contributed by atoms with Crippen LogP contribution in [0.25, 0.3) is 21.3 Å². The van der Waals surface area contributed by atoms with Crippen molar-refractivity contribution in [3.63, 3.8) is 0 Å². The Morgan fingerprint density at radius 2 is 1.85 bits per heavy atom. The van der Waals surface area contributed by atoms with Crippen LogP contribution in [0.15, 0.2) is 24.3 Å². The van der Waals surface area contributed by atoms with Gasteiger partial charge < -0.3 is 0 Å². The fraction of sp³-hybridized carbons (Fsp3) is 0.458. The number of pyridine rings is 1. The molecule has 0 bridgehead atoms. The Hall–Kier alpha value is -1.67. The Balaban J connectivity index is 1.82. The smallest absolute Gasteiger partial charge is 0.124 e. The predicted octanol–water partition coefficient (Wildman–Crippen LogP) is 6.67. The minimum atomic E-state index is 0.820. The lowest BCUT2D eigenvalue weighted by Crippen LogP contribution is -2.16. The minimum Gasteiger partial charge on any atom is -0.242 e. The molecule has 2 aromatic heterocycles. The molecule has 0 saturated carbocycles. The maximum absolute atomic E-state index is 5.21. The zero-order valence-electron chi connectivity index (χ0n) is 15.9. The fourth-order valence-electron chi connectivity index (χ4n) is 4.92. The van der Waals surface area contributed by atoms with E-state index in [2.05, 4.69) is 38.1 Å². The Kier molecular flexibility index (Phi) is 4.12. The molecule has 2 heteroatoms. The second-order valence-corrected chi connectivity index (χ2v) is 9.27. The summed E-state index contributed by atoms with van der Waals surface area (Å²) >= 11 is 1.98. The fourth-order valence-corrected chi connectivity index (χ4v) is 6.21. The van der Waals surface area contributed by atoms with Crippen LogP contribution < -0.4 is 0 Å². The standard InChI is InChI=1S/C24H27NS/c1-3-16-10-13-20-19(14-16)22(17-11-8-15(2)9-12-17)23-18-6-4-5-7-21(18)26-24(23)25-20/h8-9,11-12,16H,3-7,10,13-14H2,1-2H3/t16-/m0/s1. The number of benzene rings is 1. The van der Waals surface area contributed by atoms with Crippen LogP contribution in [0.4, 0.5) is 0 Å². The molecule has 2 aliphatic carbocycles. The van der Waals surface area contributed by atoms with Gasteiger partial charge in [0.1, 0.15) is 4.83 Å². The molecule has 0 radical (unpaired) electrons. The summed E-state index contributed by atoms with van der Waals surface area (Å²) in [6, 6.07) is 9.22. The van der Waals surface area contributed by atoms with Crippen molar-refractivity contribution >= 4 is 21.6 Å². The minimum absolute atomic E-state index is 0.820. The van der Waals surface area contributed by atoms with E-state index in [1.165, 1.54) is 77.5 Å². The molecule has 26 heavy (non-hydrogen) atoms. The van der Waals surface area contributed by atoms with Gasteiger partial charge >= 0.3 is 0 Å². The van der Waals surface area contributed by atoms with Crippen molar-refractivity contribution in [1.82, 2.24) is 4.98 Å². The molecule has 5 rings (SSSR count). The highest BCUT2D eigenvalue weighted by atomic mass is 32.1. The third-order valence-corrected chi connectivity index (χ3v) is 7.67. The van der Waals surface area contributed by atoms with Crippen molar-refractivity contribution in [3.05, 3.63) is 51.5 Å². The highest BCUT2D eigenvalue weighted by Gasteiger charge is 2.27. The first-order chi connectivity index (χ1) is 12.7. The average molecular weight is 362 g/mol. The highest BCUT2D eigenvalue weighted by Crippen LogP contribution is 2.45. The van der Waals surface area contributed by atoms with Gasteiger partial charge in [0.05, 0.1) is 0 Å². The van der Waals surface area contributed by atoms with Crippen molar-refractivity contribution in [2.75, 3.05) is 0 Å². The number of hydrogen-bond acceptors (Lipinski definition) is 2. The summed E-state index contributed by atoms with van der Waals surface area (Å²) in [6.45, 7) is 4.53. The number of thiophene rings is 1. The van der Waals surface area contributed by atoms with Crippen LogP contribution in [0.1, 0.15) is 59.9 Å². The molecule has 0 spiro atoms. The molecule has 0 amide bonds. The predicted molar refractivity (Wildman–Crippen MR) is 112 cm³/mol. The third-order valence-electron chi connectivity index (χ3n) is 6.49. The van der Waals surface area contributed by atoms with Gasteiger partial charge in [0.15, 0.2) is 0 Å². The Morgan fingerprint density at radius 1 is 1.04 bits per heavy atom. The van der Waals surface area contributed by atoms with Crippen molar-refractivity contribution in [3.8, 4) is 11.1 Å². The summed E-state index contributed by atoms with van der Waals surface area (Å²) in [6.07, 6.45) is 10.1. The van der Waals surface area contributed by atoms with Crippen molar-refractivity contribution in [1.29, 1.82) is 0 Å². The van der Waals surface area contributed by atoms with Gasteiger partial charge in [-0.2, -0.15) is 0 Å². The molecule has 1 aromatic carbocycles. The second-order valence-electron chi connectivity index (χ2n) is 8.19. The van der Waals surface area contributed by atoms with E-state index in [1.54, 1.807) is 16.0 Å². The van der Waals surface area contributed by atoms with Gasteiger partial charge in [0.2, 0.25) is 0 Å². The summed E-state index contributed by atoms with van der Waals surface area (Å²) in [5.41, 5.74) is 8.85. The topological polar surface area (TPSA) is 12.9 Å². The Morgan fingerprint density at radius 3 is 2.65 bits per heavy atom. The first-order valence-corrected chi connectivity index (χ1v) is 11.1. The Bertz CT molecular complexity index is 964. The molecule has 0 unspecified atom stereocenters. The van der Waals surface area contributed by atoms with Crippen LogP contribution in [0.5, 0.6) is 0 Å². The van der Waals surface area contributed by atoms with Gasteiger partial charge in [-0.3, -0.25) is 0 Å². The van der Waals surface area contributed by atoms with Gasteiger partial charge in [0.25, 0.3) is 0 Å². The van der Waals surface area contributed by atoms with E-state index < -0.39 is 0 Å². The zero-order valence-corrected chi connectivity index (χ0v) is 16.7.